The largest absolute Gasteiger partial charge is 0.341 e. The van der Waals surface area contributed by atoms with Gasteiger partial charge in [-0.25, -0.2) is 13.4 Å². The number of nitriles is 1. The first-order chi connectivity index (χ1) is 8.88. The van der Waals surface area contributed by atoms with Crippen LogP contribution in [0, 0.1) is 11.3 Å². The molecule has 0 bridgehead atoms. The van der Waals surface area contributed by atoms with E-state index < -0.39 is 15.0 Å². The molecule has 1 amide bonds. The maximum absolute atomic E-state index is 11.5. The molecule has 0 aliphatic carbocycles. The highest BCUT2D eigenvalue weighted by Gasteiger charge is 2.18. The molecular weight excluding hydrogens is 292 g/mol. The molecule has 19 heavy (non-hydrogen) atoms. The molecule has 1 aromatic heterocycles. The lowest BCUT2D eigenvalue weighted by Gasteiger charge is -2.05. The summed E-state index contributed by atoms with van der Waals surface area (Å²) >= 11 is 0. The fourth-order valence-corrected chi connectivity index (χ4v) is 2.14. The molecule has 0 fully saturated rings. The second-order valence-corrected chi connectivity index (χ2v) is 6.26. The minimum atomic E-state index is -3.92. The van der Waals surface area contributed by atoms with Crippen molar-refractivity contribution in [2.24, 2.45) is 0 Å². The van der Waals surface area contributed by atoms with Crippen molar-refractivity contribution in [2.45, 2.75) is 31.3 Å². The predicted octanol–water partition coefficient (Wildman–Crippen LogP) is 0.403. The fraction of sp³-hybridized carbons (Fsp3) is 0.500. The van der Waals surface area contributed by atoms with Gasteiger partial charge in [0.1, 0.15) is 18.9 Å². The quantitative estimate of drug-likeness (QED) is 0.605. The molecular formula is C10H13ClN4O3S. The van der Waals surface area contributed by atoms with Crippen molar-refractivity contribution in [3.63, 3.8) is 0 Å². The molecule has 1 heterocycles. The van der Waals surface area contributed by atoms with Crippen molar-refractivity contribution in [3.8, 4) is 6.07 Å². The van der Waals surface area contributed by atoms with Gasteiger partial charge in [-0.2, -0.15) is 5.26 Å². The van der Waals surface area contributed by atoms with Crippen LogP contribution in [0.5, 0.6) is 0 Å². The lowest BCUT2D eigenvalue weighted by molar-refractivity contribution is -0.121. The zero-order valence-corrected chi connectivity index (χ0v) is 11.8. The summed E-state index contributed by atoms with van der Waals surface area (Å²) in [6.45, 7) is 1.71. The standard InChI is InChI=1S/C10H13ClN4O3S/c1-2-3-8-14-10(19(11,17)18)7-15(8)6-9(16)13-5-4-12/h7H,2-3,5-6H2,1H3,(H,13,16). The highest BCUT2D eigenvalue weighted by atomic mass is 35.7. The number of aromatic nitrogens is 2. The highest BCUT2D eigenvalue weighted by Crippen LogP contribution is 2.15. The van der Waals surface area contributed by atoms with E-state index in [0.717, 1.165) is 6.42 Å². The van der Waals surface area contributed by atoms with E-state index in [1.807, 2.05) is 6.92 Å². The SMILES string of the molecule is CCCc1nc(S(=O)(=O)Cl)cn1CC(=O)NCC#N. The third kappa shape index (κ3) is 4.54. The van der Waals surface area contributed by atoms with Gasteiger partial charge in [0.25, 0.3) is 9.05 Å². The highest BCUT2D eigenvalue weighted by molar-refractivity contribution is 8.13. The zero-order valence-electron chi connectivity index (χ0n) is 10.3. The number of carbonyl (C=O) groups is 1. The normalized spacial score (nSPS) is 11.0. The number of halogens is 1. The molecule has 0 atom stereocenters. The van der Waals surface area contributed by atoms with Gasteiger partial charge >= 0.3 is 0 Å². The number of hydrogen-bond donors (Lipinski definition) is 1. The lowest BCUT2D eigenvalue weighted by atomic mass is 10.3. The Kier molecular flexibility index (Phi) is 5.32. The molecule has 104 valence electrons. The first-order valence-corrected chi connectivity index (χ1v) is 7.83. The summed E-state index contributed by atoms with van der Waals surface area (Å²) in [5.74, 6) is 0.0728. The van der Waals surface area contributed by atoms with Crippen molar-refractivity contribution in [1.29, 1.82) is 5.26 Å². The average molecular weight is 305 g/mol. The van der Waals surface area contributed by atoms with E-state index in [1.165, 1.54) is 10.8 Å². The minimum absolute atomic E-state index is 0.0999. The van der Waals surface area contributed by atoms with Crippen LogP contribution < -0.4 is 5.32 Å². The van der Waals surface area contributed by atoms with Gasteiger partial charge in [-0.3, -0.25) is 4.79 Å². The summed E-state index contributed by atoms with van der Waals surface area (Å²) in [5, 5.41) is 10.4. The van der Waals surface area contributed by atoms with E-state index in [9.17, 15) is 13.2 Å². The smallest absolute Gasteiger partial charge is 0.280 e. The van der Waals surface area contributed by atoms with Gasteiger partial charge in [0.15, 0.2) is 5.03 Å². The number of imidazole rings is 1. The van der Waals surface area contributed by atoms with E-state index in [0.29, 0.717) is 12.2 Å². The Morgan fingerprint density at radius 1 is 1.63 bits per heavy atom. The van der Waals surface area contributed by atoms with Gasteiger partial charge in [-0.15, -0.1) is 0 Å². The summed E-state index contributed by atoms with van der Waals surface area (Å²) in [6.07, 6.45) is 2.50. The van der Waals surface area contributed by atoms with Crippen molar-refractivity contribution in [3.05, 3.63) is 12.0 Å². The van der Waals surface area contributed by atoms with Gasteiger partial charge in [0.2, 0.25) is 5.91 Å². The number of carbonyl (C=O) groups excluding carboxylic acids is 1. The van der Waals surface area contributed by atoms with Crippen molar-refractivity contribution < 1.29 is 13.2 Å². The Hall–Kier alpha value is -1.59. The van der Waals surface area contributed by atoms with Gasteiger partial charge in [0.05, 0.1) is 6.07 Å². The summed E-state index contributed by atoms with van der Waals surface area (Å²) in [4.78, 5) is 15.4. The van der Waals surface area contributed by atoms with Gasteiger partial charge in [-0.1, -0.05) is 6.92 Å². The Labute approximate surface area is 115 Å². The summed E-state index contributed by atoms with van der Waals surface area (Å²) in [5.41, 5.74) is 0. The number of nitrogens with zero attached hydrogens (tertiary/aromatic N) is 3. The average Bonchev–Trinajstić information content (AvgIpc) is 2.70. The van der Waals surface area contributed by atoms with E-state index in [1.54, 1.807) is 6.07 Å². The first kappa shape index (κ1) is 15.5. The number of nitrogens with one attached hydrogen (secondary N) is 1. The van der Waals surface area contributed by atoms with Crippen LogP contribution in [0.2, 0.25) is 0 Å². The van der Waals surface area contributed by atoms with Crippen LogP contribution in [0.1, 0.15) is 19.2 Å². The van der Waals surface area contributed by atoms with Crippen LogP contribution in [0.4, 0.5) is 0 Å². The molecule has 0 saturated carbocycles. The fourth-order valence-electron chi connectivity index (χ4n) is 1.45. The second-order valence-electron chi connectivity index (χ2n) is 3.75. The van der Waals surface area contributed by atoms with Crippen LogP contribution in [-0.4, -0.2) is 30.4 Å². The third-order valence-corrected chi connectivity index (χ3v) is 3.41. The van der Waals surface area contributed by atoms with Crippen molar-refractivity contribution in [1.82, 2.24) is 14.9 Å². The Bertz CT molecular complexity index is 603. The molecule has 7 nitrogen and oxygen atoms in total. The van der Waals surface area contributed by atoms with Crippen molar-refractivity contribution in [2.75, 3.05) is 6.54 Å². The predicted molar refractivity (Wildman–Crippen MR) is 67.9 cm³/mol. The van der Waals surface area contributed by atoms with Crippen LogP contribution in [-0.2, 0) is 26.8 Å². The first-order valence-electron chi connectivity index (χ1n) is 5.52. The van der Waals surface area contributed by atoms with Gasteiger partial charge in [-0.05, 0) is 6.42 Å². The van der Waals surface area contributed by atoms with Gasteiger partial charge < -0.3 is 9.88 Å². The molecule has 0 spiro atoms. The zero-order chi connectivity index (χ0) is 14.5. The molecule has 0 aliphatic heterocycles. The van der Waals surface area contributed by atoms with Gasteiger partial charge in [0, 0.05) is 23.3 Å². The molecule has 0 radical (unpaired) electrons. The maximum atomic E-state index is 11.5. The number of rotatable bonds is 6. The Morgan fingerprint density at radius 2 is 2.32 bits per heavy atom. The number of aryl methyl sites for hydroxylation is 1. The molecule has 0 saturated heterocycles. The molecule has 0 aliphatic rings. The summed E-state index contributed by atoms with van der Waals surface area (Å²) < 4.78 is 23.8. The monoisotopic (exact) mass is 304 g/mol. The maximum Gasteiger partial charge on any atom is 0.280 e. The van der Waals surface area contributed by atoms with Crippen molar-refractivity contribution >= 4 is 25.6 Å². The van der Waals surface area contributed by atoms with E-state index in [4.69, 9.17) is 15.9 Å². The summed E-state index contributed by atoms with van der Waals surface area (Å²) in [7, 11) is 1.30. The molecule has 1 aromatic rings. The third-order valence-electron chi connectivity index (χ3n) is 2.24. The Morgan fingerprint density at radius 3 is 2.84 bits per heavy atom. The number of hydrogen-bond acceptors (Lipinski definition) is 5. The molecule has 1 N–H and O–H groups in total. The van der Waals surface area contributed by atoms with Crippen LogP contribution in [0.15, 0.2) is 11.2 Å². The lowest BCUT2D eigenvalue weighted by Crippen LogP contribution is -2.28. The van der Waals surface area contributed by atoms with E-state index >= 15 is 0 Å². The topological polar surface area (TPSA) is 105 Å². The van der Waals surface area contributed by atoms with Crippen LogP contribution >= 0.6 is 10.7 Å². The molecule has 0 aromatic carbocycles. The van der Waals surface area contributed by atoms with Crippen LogP contribution in [0.25, 0.3) is 0 Å². The van der Waals surface area contributed by atoms with E-state index in [2.05, 4.69) is 10.3 Å². The molecule has 0 unspecified atom stereocenters. The second kappa shape index (κ2) is 6.54. The Balaban J connectivity index is 2.95. The molecule has 9 heteroatoms. The molecule has 1 rings (SSSR count). The summed E-state index contributed by atoms with van der Waals surface area (Å²) in [6, 6.07) is 1.78. The van der Waals surface area contributed by atoms with E-state index in [-0.39, 0.29) is 18.1 Å². The van der Waals surface area contributed by atoms with Crippen LogP contribution in [0.3, 0.4) is 0 Å². The number of amides is 1. The minimum Gasteiger partial charge on any atom is -0.341 e.